The van der Waals surface area contributed by atoms with Crippen molar-refractivity contribution in [3.8, 4) is 0 Å². The third-order valence-electron chi connectivity index (χ3n) is 5.08. The number of nitrogens with zero attached hydrogens (tertiary/aromatic N) is 1. The first-order chi connectivity index (χ1) is 11.9. The van der Waals surface area contributed by atoms with E-state index in [0.29, 0.717) is 0 Å². The number of allylic oxidation sites excluding steroid dienone is 4. The second kappa shape index (κ2) is 6.60. The second-order valence-corrected chi connectivity index (χ2v) is 7.04. The summed E-state index contributed by atoms with van der Waals surface area (Å²) in [5, 5.41) is 0. The summed E-state index contributed by atoms with van der Waals surface area (Å²) >= 11 is 0. The zero-order valence-electron chi connectivity index (χ0n) is 15.3. The summed E-state index contributed by atoms with van der Waals surface area (Å²) in [7, 11) is 0. The minimum Gasteiger partial charge on any atom is -0.318 e. The van der Waals surface area contributed by atoms with E-state index in [4.69, 9.17) is 0 Å². The van der Waals surface area contributed by atoms with Crippen molar-refractivity contribution in [1.29, 1.82) is 0 Å². The molecular weight excluding hydrogens is 302 g/mol. The van der Waals surface area contributed by atoms with Crippen LogP contribution in [0.25, 0.3) is 5.57 Å². The van der Waals surface area contributed by atoms with E-state index in [9.17, 15) is 0 Å². The van der Waals surface area contributed by atoms with Gasteiger partial charge in [0.25, 0.3) is 0 Å². The molecule has 2 aromatic carbocycles. The molecule has 0 spiro atoms. The summed E-state index contributed by atoms with van der Waals surface area (Å²) in [5.74, 6) is 0. The lowest BCUT2D eigenvalue weighted by atomic mass is 9.75. The molecule has 2 aromatic rings. The monoisotopic (exact) mass is 327 g/mol. The van der Waals surface area contributed by atoms with Crippen molar-refractivity contribution < 1.29 is 0 Å². The van der Waals surface area contributed by atoms with E-state index in [-0.39, 0.29) is 5.41 Å². The van der Waals surface area contributed by atoms with E-state index in [2.05, 4.69) is 81.4 Å². The zero-order valence-corrected chi connectivity index (χ0v) is 15.3. The quantitative estimate of drug-likeness (QED) is 0.582. The molecule has 0 atom stereocenters. The number of fused-ring (bicyclic) bond motifs is 1. The minimum absolute atomic E-state index is 0.0325. The molecule has 0 saturated carbocycles. The maximum absolute atomic E-state index is 4.28. The summed E-state index contributed by atoms with van der Waals surface area (Å²) in [6.07, 6.45) is 6.26. The molecule has 25 heavy (non-hydrogen) atoms. The largest absolute Gasteiger partial charge is 0.318 e. The summed E-state index contributed by atoms with van der Waals surface area (Å²) in [6.45, 7) is 15.2. The molecule has 0 aliphatic carbocycles. The van der Waals surface area contributed by atoms with Crippen LogP contribution >= 0.6 is 0 Å². The van der Waals surface area contributed by atoms with Gasteiger partial charge in [0.15, 0.2) is 0 Å². The van der Waals surface area contributed by atoms with Crippen LogP contribution < -0.4 is 4.90 Å². The van der Waals surface area contributed by atoms with Crippen LogP contribution in [-0.4, -0.2) is 0 Å². The van der Waals surface area contributed by atoms with Gasteiger partial charge in [-0.05, 0) is 41.3 Å². The Bertz CT molecular complexity index is 866. The SMILES string of the molecule is C=C(/C=C\C(=C)N1C=C(C)C(C)(C)c2ccccc21)c1ccccc1. The fraction of sp³-hybridized carbons (Fsp3) is 0.167. The number of rotatable bonds is 4. The van der Waals surface area contributed by atoms with Crippen molar-refractivity contribution in [1.82, 2.24) is 0 Å². The first-order valence-electron chi connectivity index (χ1n) is 8.60. The lowest BCUT2D eigenvalue weighted by molar-refractivity contribution is 0.610. The van der Waals surface area contributed by atoms with Gasteiger partial charge in [-0.1, -0.05) is 81.6 Å². The molecule has 0 unspecified atom stereocenters. The van der Waals surface area contributed by atoms with E-state index in [1.54, 1.807) is 0 Å². The van der Waals surface area contributed by atoms with Crippen LogP contribution in [0.2, 0.25) is 0 Å². The number of anilines is 1. The standard InChI is InChI=1S/C24H25N/c1-18(21-11-7-6-8-12-21)15-16-20(3)25-17-19(2)24(4,5)22-13-9-10-14-23(22)25/h6-17H,1,3H2,2,4-5H3/b16-15-. The Hall–Kier alpha value is -2.80. The van der Waals surface area contributed by atoms with Crippen LogP contribution in [0.1, 0.15) is 31.9 Å². The Kier molecular flexibility index (Phi) is 4.50. The number of para-hydroxylation sites is 1. The summed E-state index contributed by atoms with van der Waals surface area (Å²) < 4.78 is 0. The number of benzene rings is 2. The highest BCUT2D eigenvalue weighted by molar-refractivity contribution is 5.74. The van der Waals surface area contributed by atoms with Gasteiger partial charge in [-0.25, -0.2) is 0 Å². The Morgan fingerprint density at radius 1 is 0.920 bits per heavy atom. The van der Waals surface area contributed by atoms with Gasteiger partial charge < -0.3 is 4.90 Å². The van der Waals surface area contributed by atoms with Crippen molar-refractivity contribution in [3.63, 3.8) is 0 Å². The summed E-state index contributed by atoms with van der Waals surface area (Å²) in [6, 6.07) is 18.7. The Balaban J connectivity index is 1.89. The number of hydrogen-bond donors (Lipinski definition) is 0. The lowest BCUT2D eigenvalue weighted by Gasteiger charge is -2.38. The molecule has 0 aromatic heterocycles. The second-order valence-electron chi connectivity index (χ2n) is 7.04. The highest BCUT2D eigenvalue weighted by Gasteiger charge is 2.31. The van der Waals surface area contributed by atoms with Crippen molar-refractivity contribution in [2.24, 2.45) is 0 Å². The molecule has 1 aliphatic heterocycles. The molecule has 0 radical (unpaired) electrons. The van der Waals surface area contributed by atoms with Crippen molar-refractivity contribution in [3.05, 3.63) is 109 Å². The lowest BCUT2D eigenvalue weighted by Crippen LogP contribution is -2.30. The van der Waals surface area contributed by atoms with Crippen LogP contribution in [0, 0.1) is 0 Å². The highest BCUT2D eigenvalue weighted by atomic mass is 15.1. The van der Waals surface area contributed by atoms with Crippen molar-refractivity contribution in [2.75, 3.05) is 4.90 Å². The van der Waals surface area contributed by atoms with Gasteiger partial charge in [0, 0.05) is 23.0 Å². The molecule has 1 heteroatoms. The minimum atomic E-state index is 0.0325. The van der Waals surface area contributed by atoms with E-state index in [1.807, 2.05) is 30.4 Å². The molecule has 0 saturated heterocycles. The highest BCUT2D eigenvalue weighted by Crippen LogP contribution is 2.43. The molecule has 1 nitrogen and oxygen atoms in total. The van der Waals surface area contributed by atoms with Crippen LogP contribution in [0.15, 0.2) is 97.4 Å². The molecule has 1 heterocycles. The maximum Gasteiger partial charge on any atom is 0.0495 e. The van der Waals surface area contributed by atoms with Gasteiger partial charge in [-0.2, -0.15) is 0 Å². The molecule has 126 valence electrons. The van der Waals surface area contributed by atoms with Crippen LogP contribution in [0.3, 0.4) is 0 Å². The fourth-order valence-corrected chi connectivity index (χ4v) is 3.11. The molecule has 0 bridgehead atoms. The molecule has 0 fully saturated rings. The summed E-state index contributed by atoms with van der Waals surface area (Å²) in [5.41, 5.74) is 6.91. The van der Waals surface area contributed by atoms with Crippen molar-refractivity contribution in [2.45, 2.75) is 26.2 Å². The van der Waals surface area contributed by atoms with Gasteiger partial charge in [0.2, 0.25) is 0 Å². The summed E-state index contributed by atoms with van der Waals surface area (Å²) in [4.78, 5) is 2.17. The van der Waals surface area contributed by atoms with E-state index in [0.717, 1.165) is 16.8 Å². The zero-order chi connectivity index (χ0) is 18.0. The third-order valence-corrected chi connectivity index (χ3v) is 5.08. The van der Waals surface area contributed by atoms with Gasteiger partial charge in [-0.3, -0.25) is 0 Å². The molecule has 1 aliphatic rings. The van der Waals surface area contributed by atoms with Gasteiger partial charge >= 0.3 is 0 Å². The Morgan fingerprint density at radius 3 is 2.28 bits per heavy atom. The normalized spacial score (nSPS) is 15.6. The molecule has 0 amide bonds. The van der Waals surface area contributed by atoms with Crippen LogP contribution in [0.4, 0.5) is 5.69 Å². The van der Waals surface area contributed by atoms with Gasteiger partial charge in [0.1, 0.15) is 0 Å². The average Bonchev–Trinajstić information content (AvgIpc) is 2.63. The van der Waals surface area contributed by atoms with Crippen molar-refractivity contribution >= 4 is 11.3 Å². The fourth-order valence-electron chi connectivity index (χ4n) is 3.11. The molecule has 3 rings (SSSR count). The van der Waals surface area contributed by atoms with Crippen LogP contribution in [0.5, 0.6) is 0 Å². The first-order valence-corrected chi connectivity index (χ1v) is 8.60. The smallest absolute Gasteiger partial charge is 0.0495 e. The Labute approximate surface area is 151 Å². The molecule has 0 N–H and O–H groups in total. The van der Waals surface area contributed by atoms with Gasteiger partial charge in [-0.15, -0.1) is 0 Å². The van der Waals surface area contributed by atoms with E-state index >= 15 is 0 Å². The van der Waals surface area contributed by atoms with Gasteiger partial charge in [0.05, 0.1) is 0 Å². The van der Waals surface area contributed by atoms with E-state index < -0.39 is 0 Å². The predicted molar refractivity (Wildman–Crippen MR) is 109 cm³/mol. The van der Waals surface area contributed by atoms with E-state index in [1.165, 1.54) is 16.8 Å². The van der Waals surface area contributed by atoms with Crippen LogP contribution in [-0.2, 0) is 5.41 Å². The molecular formula is C24H25N. The number of hydrogen-bond acceptors (Lipinski definition) is 1. The average molecular weight is 327 g/mol. The Morgan fingerprint density at radius 2 is 1.56 bits per heavy atom. The topological polar surface area (TPSA) is 3.24 Å². The maximum atomic E-state index is 4.28. The third kappa shape index (κ3) is 3.23. The predicted octanol–water partition coefficient (Wildman–Crippen LogP) is 6.47. The first kappa shape index (κ1) is 17.0.